The van der Waals surface area contributed by atoms with Crippen molar-refractivity contribution in [3.63, 3.8) is 0 Å². The minimum atomic E-state index is -0.0813. The summed E-state index contributed by atoms with van der Waals surface area (Å²) < 4.78 is 0. The van der Waals surface area contributed by atoms with Crippen LogP contribution in [0, 0.1) is 0 Å². The van der Waals surface area contributed by atoms with Gasteiger partial charge in [0.2, 0.25) is 0 Å². The van der Waals surface area contributed by atoms with Gasteiger partial charge in [-0.15, -0.1) is 22.7 Å². The summed E-state index contributed by atoms with van der Waals surface area (Å²) in [6, 6.07) is 11.8. The molecule has 1 aromatic carbocycles. The summed E-state index contributed by atoms with van der Waals surface area (Å²) in [5, 5.41) is 8.72. The van der Waals surface area contributed by atoms with E-state index in [1.54, 1.807) is 22.7 Å². The molecular formula is C21H16N2O2S2. The van der Waals surface area contributed by atoms with Crippen molar-refractivity contribution in [2.75, 3.05) is 16.8 Å². The number of hydrogen-bond donors (Lipinski definition) is 1. The number of rotatable bonds is 4. The molecule has 5 rings (SSSR count). The molecule has 3 aromatic rings. The maximum Gasteiger partial charge on any atom is 0.260 e. The first kappa shape index (κ1) is 16.5. The van der Waals surface area contributed by atoms with Crippen molar-refractivity contribution in [3.8, 4) is 0 Å². The molecular weight excluding hydrogens is 376 g/mol. The Bertz CT molecular complexity index is 1190. The maximum absolute atomic E-state index is 13.2. The normalized spacial score (nSPS) is 15.4. The zero-order chi connectivity index (χ0) is 18.5. The first-order valence-corrected chi connectivity index (χ1v) is 10.6. The van der Waals surface area contributed by atoms with Crippen LogP contribution in [0.5, 0.6) is 0 Å². The molecule has 0 bridgehead atoms. The largest absolute Gasteiger partial charge is 0.321 e. The van der Waals surface area contributed by atoms with Crippen molar-refractivity contribution in [2.24, 2.45) is 0 Å². The molecule has 0 unspecified atom stereocenters. The first-order chi connectivity index (χ1) is 13.2. The molecule has 2 aliphatic heterocycles. The number of anilines is 2. The Morgan fingerprint density at radius 2 is 1.67 bits per heavy atom. The number of benzene rings is 1. The van der Waals surface area contributed by atoms with Gasteiger partial charge in [0.25, 0.3) is 11.8 Å². The van der Waals surface area contributed by atoms with E-state index < -0.39 is 0 Å². The van der Waals surface area contributed by atoms with Crippen molar-refractivity contribution >= 4 is 57.0 Å². The number of carbonyl (C=O) groups is 2. The summed E-state index contributed by atoms with van der Waals surface area (Å²) in [6.07, 6.45) is 0.874. The summed E-state index contributed by atoms with van der Waals surface area (Å²) in [5.74, 6) is -0.0378. The van der Waals surface area contributed by atoms with E-state index in [1.165, 1.54) is 0 Å². The lowest BCUT2D eigenvalue weighted by atomic mass is 10.1. The van der Waals surface area contributed by atoms with Gasteiger partial charge >= 0.3 is 0 Å². The molecule has 27 heavy (non-hydrogen) atoms. The van der Waals surface area contributed by atoms with Crippen LogP contribution in [0.1, 0.15) is 23.1 Å². The monoisotopic (exact) mass is 392 g/mol. The topological polar surface area (TPSA) is 49.4 Å². The van der Waals surface area contributed by atoms with E-state index in [0.29, 0.717) is 12.1 Å². The Kier molecular flexibility index (Phi) is 3.77. The second-order valence-electron chi connectivity index (χ2n) is 6.53. The predicted molar refractivity (Wildman–Crippen MR) is 111 cm³/mol. The molecule has 4 nitrogen and oxygen atoms in total. The molecule has 1 N–H and O–H groups in total. The van der Waals surface area contributed by atoms with Crippen LogP contribution >= 0.6 is 22.7 Å². The standard InChI is InChI=1S/C21H16N2O2S2/c1-2-7-23-15-11-12-14(22-20(24)18(12)16-5-3-8-26-16)10-13(15)19(21(23)25)17-6-4-9-27-17/h3-6,8-11H,2,7H2,1H3,(H,22,24). The fourth-order valence-corrected chi connectivity index (χ4v) is 5.32. The van der Waals surface area contributed by atoms with Crippen molar-refractivity contribution in [1.82, 2.24) is 0 Å². The molecule has 2 aromatic heterocycles. The summed E-state index contributed by atoms with van der Waals surface area (Å²) in [7, 11) is 0. The molecule has 0 radical (unpaired) electrons. The van der Waals surface area contributed by atoms with Gasteiger partial charge < -0.3 is 10.2 Å². The number of nitrogens with zero attached hydrogens (tertiary/aromatic N) is 1. The number of carbonyl (C=O) groups excluding carboxylic acids is 2. The molecule has 4 heterocycles. The molecule has 0 saturated carbocycles. The molecule has 0 atom stereocenters. The summed E-state index contributed by atoms with van der Waals surface area (Å²) in [5.41, 5.74) is 3.10. The van der Waals surface area contributed by atoms with Crippen LogP contribution in [0.4, 0.5) is 11.4 Å². The molecule has 0 saturated heterocycles. The highest BCUT2D eigenvalue weighted by atomic mass is 32.1. The Hall–Kier alpha value is -2.70. The predicted octanol–water partition coefficient (Wildman–Crippen LogP) is 2.92. The van der Waals surface area contributed by atoms with Crippen molar-refractivity contribution in [2.45, 2.75) is 13.3 Å². The third-order valence-electron chi connectivity index (χ3n) is 4.88. The highest BCUT2D eigenvalue weighted by Gasteiger charge is 2.32. The van der Waals surface area contributed by atoms with E-state index in [2.05, 4.69) is 12.2 Å². The third-order valence-corrected chi connectivity index (χ3v) is 6.66. The van der Waals surface area contributed by atoms with Crippen LogP contribution in [0.15, 0.2) is 47.2 Å². The van der Waals surface area contributed by atoms with Gasteiger partial charge in [-0.25, -0.2) is 0 Å². The van der Waals surface area contributed by atoms with Gasteiger partial charge in [-0.05, 0) is 41.4 Å². The molecule has 0 spiro atoms. The van der Waals surface area contributed by atoms with Crippen LogP contribution < -0.4 is 20.7 Å². The van der Waals surface area contributed by atoms with Gasteiger partial charge in [0.1, 0.15) is 0 Å². The fraction of sp³-hybridized carbons (Fsp3) is 0.143. The highest BCUT2D eigenvalue weighted by Crippen LogP contribution is 2.30. The second-order valence-corrected chi connectivity index (χ2v) is 8.43. The number of amides is 2. The van der Waals surface area contributed by atoms with Crippen molar-refractivity contribution < 1.29 is 9.59 Å². The van der Waals surface area contributed by atoms with Gasteiger partial charge in [0.05, 0.1) is 16.8 Å². The Labute approximate surface area is 164 Å². The van der Waals surface area contributed by atoms with E-state index in [0.717, 1.165) is 43.6 Å². The van der Waals surface area contributed by atoms with Crippen LogP contribution in [-0.2, 0) is 9.59 Å². The number of thiophene rings is 2. The van der Waals surface area contributed by atoms with E-state index in [1.807, 2.05) is 52.1 Å². The summed E-state index contributed by atoms with van der Waals surface area (Å²) in [4.78, 5) is 29.5. The zero-order valence-corrected chi connectivity index (χ0v) is 16.2. The van der Waals surface area contributed by atoms with E-state index in [-0.39, 0.29) is 11.8 Å². The maximum atomic E-state index is 13.2. The van der Waals surface area contributed by atoms with Crippen LogP contribution in [0.25, 0.3) is 11.1 Å². The SMILES string of the molecule is CCCN1C(=O)C(c2cccs2)=c2cc3c(cc21)=C(c1cccs1)C(=O)N3. The van der Waals surface area contributed by atoms with Gasteiger partial charge in [-0.1, -0.05) is 19.1 Å². The van der Waals surface area contributed by atoms with Crippen LogP contribution in [-0.4, -0.2) is 18.4 Å². The first-order valence-electron chi connectivity index (χ1n) is 8.82. The van der Waals surface area contributed by atoms with Crippen LogP contribution in [0.2, 0.25) is 0 Å². The molecule has 2 aliphatic rings. The highest BCUT2D eigenvalue weighted by molar-refractivity contribution is 7.11. The fourth-order valence-electron chi connectivity index (χ4n) is 3.76. The van der Waals surface area contributed by atoms with Crippen molar-refractivity contribution in [3.05, 3.63) is 67.3 Å². The van der Waals surface area contributed by atoms with Gasteiger partial charge in [0, 0.05) is 32.4 Å². The summed E-state index contributed by atoms with van der Waals surface area (Å²) in [6.45, 7) is 2.73. The Morgan fingerprint density at radius 1 is 0.963 bits per heavy atom. The Morgan fingerprint density at radius 3 is 2.30 bits per heavy atom. The molecule has 0 aliphatic carbocycles. The average molecular weight is 393 g/mol. The lowest BCUT2D eigenvalue weighted by molar-refractivity contribution is -0.113. The smallest absolute Gasteiger partial charge is 0.260 e. The lowest BCUT2D eigenvalue weighted by Gasteiger charge is -2.17. The minimum absolute atomic E-state index is 0.0435. The zero-order valence-electron chi connectivity index (χ0n) is 14.6. The molecule has 2 amide bonds. The summed E-state index contributed by atoms with van der Waals surface area (Å²) >= 11 is 3.11. The van der Waals surface area contributed by atoms with Gasteiger partial charge in [-0.2, -0.15) is 0 Å². The quantitative estimate of drug-likeness (QED) is 0.742. The molecule has 134 valence electrons. The number of hydrogen-bond acceptors (Lipinski definition) is 4. The number of fused-ring (bicyclic) bond motifs is 2. The molecule has 0 fully saturated rings. The van der Waals surface area contributed by atoms with Crippen LogP contribution in [0.3, 0.4) is 0 Å². The second kappa shape index (κ2) is 6.18. The van der Waals surface area contributed by atoms with E-state index in [4.69, 9.17) is 0 Å². The van der Waals surface area contributed by atoms with Gasteiger partial charge in [-0.3, -0.25) is 9.59 Å². The minimum Gasteiger partial charge on any atom is -0.321 e. The van der Waals surface area contributed by atoms with E-state index in [9.17, 15) is 9.59 Å². The molecule has 6 heteroatoms. The lowest BCUT2D eigenvalue weighted by Crippen LogP contribution is -2.29. The van der Waals surface area contributed by atoms with Gasteiger partial charge in [0.15, 0.2) is 0 Å². The van der Waals surface area contributed by atoms with E-state index >= 15 is 0 Å². The third kappa shape index (κ3) is 2.40. The average Bonchev–Trinajstić information content (AvgIpc) is 3.41. The van der Waals surface area contributed by atoms with Crippen molar-refractivity contribution in [1.29, 1.82) is 0 Å². The Balaban J connectivity index is 1.83. The number of nitrogens with one attached hydrogen (secondary N) is 1.